The standard InChI is InChI=1S/C10H8BrNO2S/c11-9-3-5-10(6-4-9)12-7-1-2-8-15(12,13)14/h1-8H. The van der Waals surface area contributed by atoms with E-state index in [0.717, 1.165) is 4.47 Å². The van der Waals surface area contributed by atoms with Crippen molar-refractivity contribution in [3.8, 4) is 0 Å². The lowest BCUT2D eigenvalue weighted by Gasteiger charge is -2.20. The molecule has 0 aromatic heterocycles. The van der Waals surface area contributed by atoms with Gasteiger partial charge in [0.15, 0.2) is 0 Å². The minimum atomic E-state index is -3.34. The van der Waals surface area contributed by atoms with E-state index in [9.17, 15) is 8.42 Å². The van der Waals surface area contributed by atoms with Crippen molar-refractivity contribution in [2.75, 3.05) is 4.31 Å². The molecule has 0 spiro atoms. The average Bonchev–Trinajstić information content (AvgIpc) is 2.19. The summed E-state index contributed by atoms with van der Waals surface area (Å²) in [4.78, 5) is 0. The summed E-state index contributed by atoms with van der Waals surface area (Å²) in [6, 6.07) is 7.09. The van der Waals surface area contributed by atoms with E-state index in [1.807, 2.05) is 0 Å². The minimum absolute atomic E-state index is 0.624. The van der Waals surface area contributed by atoms with Crippen molar-refractivity contribution in [1.29, 1.82) is 0 Å². The number of benzene rings is 1. The first-order valence-electron chi connectivity index (χ1n) is 4.24. The van der Waals surface area contributed by atoms with Gasteiger partial charge in [-0.1, -0.05) is 15.9 Å². The highest BCUT2D eigenvalue weighted by molar-refractivity contribution is 9.10. The fourth-order valence-corrected chi connectivity index (χ4v) is 2.58. The summed E-state index contributed by atoms with van der Waals surface area (Å²) in [6.07, 6.45) is 4.71. The maximum absolute atomic E-state index is 11.6. The minimum Gasteiger partial charge on any atom is -0.242 e. The van der Waals surface area contributed by atoms with Crippen molar-refractivity contribution >= 4 is 31.6 Å². The van der Waals surface area contributed by atoms with Gasteiger partial charge < -0.3 is 0 Å². The summed E-state index contributed by atoms with van der Waals surface area (Å²) in [5.41, 5.74) is 0.624. The Kier molecular flexibility index (Phi) is 2.67. The predicted octanol–water partition coefficient (Wildman–Crippen LogP) is 2.63. The summed E-state index contributed by atoms with van der Waals surface area (Å²) >= 11 is 3.30. The third-order valence-corrected chi connectivity index (χ3v) is 3.85. The van der Waals surface area contributed by atoms with Gasteiger partial charge in [-0.25, -0.2) is 12.7 Å². The molecule has 0 aliphatic carbocycles. The molecule has 0 saturated heterocycles. The Morgan fingerprint density at radius 2 is 1.73 bits per heavy atom. The van der Waals surface area contributed by atoms with Crippen LogP contribution in [0.5, 0.6) is 0 Å². The molecule has 0 saturated carbocycles. The summed E-state index contributed by atoms with van der Waals surface area (Å²) in [6.45, 7) is 0. The fourth-order valence-electron chi connectivity index (χ4n) is 1.24. The van der Waals surface area contributed by atoms with Crippen LogP contribution in [0.3, 0.4) is 0 Å². The number of halogens is 1. The zero-order valence-corrected chi connectivity index (χ0v) is 10.1. The highest BCUT2D eigenvalue weighted by Crippen LogP contribution is 2.23. The van der Waals surface area contributed by atoms with Gasteiger partial charge in [-0.15, -0.1) is 0 Å². The quantitative estimate of drug-likeness (QED) is 0.796. The maximum atomic E-state index is 11.6. The number of allylic oxidation sites excluding steroid dienone is 2. The first-order chi connectivity index (χ1) is 7.09. The molecule has 0 fully saturated rings. The van der Waals surface area contributed by atoms with E-state index in [1.165, 1.54) is 22.0 Å². The Hall–Kier alpha value is -1.07. The highest BCUT2D eigenvalue weighted by atomic mass is 79.9. The van der Waals surface area contributed by atoms with E-state index in [4.69, 9.17) is 0 Å². The Morgan fingerprint density at radius 1 is 1.07 bits per heavy atom. The van der Waals surface area contributed by atoms with Crippen LogP contribution in [0.2, 0.25) is 0 Å². The van der Waals surface area contributed by atoms with Crippen molar-refractivity contribution in [1.82, 2.24) is 0 Å². The fraction of sp³-hybridized carbons (Fsp3) is 0. The zero-order chi connectivity index (χ0) is 10.9. The van der Waals surface area contributed by atoms with Gasteiger partial charge >= 0.3 is 0 Å². The van der Waals surface area contributed by atoms with Crippen LogP contribution in [-0.2, 0) is 10.0 Å². The molecule has 1 aromatic carbocycles. The second-order valence-corrected chi connectivity index (χ2v) is 5.60. The molecule has 3 nitrogen and oxygen atoms in total. The molecule has 0 radical (unpaired) electrons. The molecular weight excluding hydrogens is 278 g/mol. The first kappa shape index (κ1) is 10.4. The van der Waals surface area contributed by atoms with E-state index >= 15 is 0 Å². The first-order valence-corrected chi connectivity index (χ1v) is 6.54. The zero-order valence-electron chi connectivity index (χ0n) is 7.67. The molecule has 0 bridgehead atoms. The number of anilines is 1. The van der Waals surface area contributed by atoms with Gasteiger partial charge in [0.25, 0.3) is 10.0 Å². The number of rotatable bonds is 1. The Bertz CT molecular complexity index is 517. The van der Waals surface area contributed by atoms with Crippen molar-refractivity contribution in [2.24, 2.45) is 0 Å². The van der Waals surface area contributed by atoms with Crippen molar-refractivity contribution in [3.05, 3.63) is 52.5 Å². The molecule has 1 aliphatic heterocycles. The van der Waals surface area contributed by atoms with Crippen LogP contribution in [0, 0.1) is 0 Å². The lowest BCUT2D eigenvalue weighted by Crippen LogP contribution is -2.24. The largest absolute Gasteiger partial charge is 0.261 e. The van der Waals surface area contributed by atoms with Crippen molar-refractivity contribution < 1.29 is 8.42 Å². The Balaban J connectivity index is 2.44. The summed E-state index contributed by atoms with van der Waals surface area (Å²) < 4.78 is 25.4. The summed E-state index contributed by atoms with van der Waals surface area (Å²) in [7, 11) is -3.34. The number of nitrogens with zero attached hydrogens (tertiary/aromatic N) is 1. The van der Waals surface area contributed by atoms with E-state index < -0.39 is 10.0 Å². The lowest BCUT2D eigenvalue weighted by molar-refractivity contribution is 0.604. The van der Waals surface area contributed by atoms with Crippen molar-refractivity contribution in [3.63, 3.8) is 0 Å². The molecule has 1 aliphatic rings. The molecule has 5 heteroatoms. The molecule has 15 heavy (non-hydrogen) atoms. The summed E-state index contributed by atoms with van der Waals surface area (Å²) in [5.74, 6) is 0. The van der Waals surface area contributed by atoms with Crippen LogP contribution in [0.4, 0.5) is 5.69 Å². The molecule has 0 unspecified atom stereocenters. The van der Waals surface area contributed by atoms with E-state index in [-0.39, 0.29) is 0 Å². The maximum Gasteiger partial charge on any atom is 0.261 e. The van der Waals surface area contributed by atoms with Crippen LogP contribution in [0.25, 0.3) is 0 Å². The highest BCUT2D eigenvalue weighted by Gasteiger charge is 2.18. The van der Waals surface area contributed by atoms with Crippen LogP contribution >= 0.6 is 15.9 Å². The van der Waals surface area contributed by atoms with Crippen LogP contribution in [-0.4, -0.2) is 8.42 Å². The molecule has 1 heterocycles. The van der Waals surface area contributed by atoms with Gasteiger partial charge in [0.1, 0.15) is 0 Å². The van der Waals surface area contributed by atoms with Crippen LogP contribution < -0.4 is 4.31 Å². The van der Waals surface area contributed by atoms with Crippen molar-refractivity contribution in [2.45, 2.75) is 0 Å². The smallest absolute Gasteiger partial charge is 0.242 e. The third kappa shape index (κ3) is 2.13. The van der Waals surface area contributed by atoms with Crippen LogP contribution in [0.15, 0.2) is 52.5 Å². The van der Waals surface area contributed by atoms with Gasteiger partial charge in [0.2, 0.25) is 0 Å². The topological polar surface area (TPSA) is 37.4 Å². The Labute approximate surface area is 96.9 Å². The van der Waals surface area contributed by atoms with Gasteiger partial charge in [-0.3, -0.25) is 0 Å². The van der Waals surface area contributed by atoms with Crippen LogP contribution in [0.1, 0.15) is 0 Å². The second-order valence-electron chi connectivity index (χ2n) is 2.99. The van der Waals surface area contributed by atoms with E-state index in [1.54, 1.807) is 30.3 Å². The number of hydrogen-bond donors (Lipinski definition) is 0. The normalized spacial score (nSPS) is 18.1. The second kappa shape index (κ2) is 3.83. The number of sulfonamides is 1. The average molecular weight is 286 g/mol. The lowest BCUT2D eigenvalue weighted by atomic mass is 10.3. The number of hydrogen-bond acceptors (Lipinski definition) is 2. The third-order valence-electron chi connectivity index (χ3n) is 1.94. The van der Waals surface area contributed by atoms with E-state index in [2.05, 4.69) is 15.9 Å². The predicted molar refractivity (Wildman–Crippen MR) is 63.8 cm³/mol. The molecule has 0 N–H and O–H groups in total. The SMILES string of the molecule is O=S1(=O)C=CC=CN1c1ccc(Br)cc1. The molecular formula is C10H8BrNO2S. The van der Waals surface area contributed by atoms with E-state index in [0.29, 0.717) is 5.69 Å². The molecule has 2 rings (SSSR count). The van der Waals surface area contributed by atoms with Gasteiger partial charge in [-0.2, -0.15) is 0 Å². The molecule has 78 valence electrons. The van der Waals surface area contributed by atoms with Gasteiger partial charge in [-0.05, 0) is 36.4 Å². The molecule has 0 atom stereocenters. The monoisotopic (exact) mass is 285 g/mol. The van der Waals surface area contributed by atoms with Gasteiger partial charge in [0, 0.05) is 10.7 Å². The summed E-state index contributed by atoms with van der Waals surface area (Å²) in [5, 5.41) is 1.18. The molecule has 1 aromatic rings. The van der Waals surface area contributed by atoms with Gasteiger partial charge in [0.05, 0.1) is 11.1 Å². The molecule has 0 amide bonds. The Morgan fingerprint density at radius 3 is 2.33 bits per heavy atom.